The van der Waals surface area contributed by atoms with E-state index < -0.39 is 0 Å². The van der Waals surface area contributed by atoms with E-state index in [1.165, 1.54) is 12.8 Å². The van der Waals surface area contributed by atoms with Gasteiger partial charge in [0.15, 0.2) is 5.43 Å². The Hall–Kier alpha value is -1.73. The Morgan fingerprint density at radius 2 is 1.97 bits per heavy atom. The first-order valence-corrected chi connectivity index (χ1v) is 10.8. The predicted octanol–water partition coefficient (Wildman–Crippen LogP) is 2.06. The second-order valence-corrected chi connectivity index (χ2v) is 8.76. The summed E-state index contributed by atoms with van der Waals surface area (Å²) in [5.41, 5.74) is 2.51. The van der Waals surface area contributed by atoms with Gasteiger partial charge in [-0.15, -0.1) is 0 Å². The van der Waals surface area contributed by atoms with Crippen LogP contribution < -0.4 is 5.43 Å². The fourth-order valence-corrected chi connectivity index (χ4v) is 4.93. The lowest BCUT2D eigenvalue weighted by molar-refractivity contribution is 0.00580. The minimum Gasteiger partial charge on any atom is -0.464 e. The van der Waals surface area contributed by atoms with Gasteiger partial charge in [-0.25, -0.2) is 0 Å². The molecule has 2 aliphatic heterocycles. The number of piperidine rings is 1. The number of benzene rings is 1. The third-order valence-corrected chi connectivity index (χ3v) is 6.63. The van der Waals surface area contributed by atoms with Gasteiger partial charge in [-0.1, -0.05) is 11.6 Å². The minimum absolute atomic E-state index is 0.0754. The van der Waals surface area contributed by atoms with Crippen LogP contribution in [0.1, 0.15) is 30.4 Å². The molecule has 1 atom stereocenters. The fraction of sp³-hybridized carbons (Fsp3) is 0.609. The highest BCUT2D eigenvalue weighted by molar-refractivity contribution is 5.77. The highest BCUT2D eigenvalue weighted by Crippen LogP contribution is 2.24. The fourth-order valence-electron chi connectivity index (χ4n) is 4.93. The predicted molar refractivity (Wildman–Crippen MR) is 115 cm³/mol. The van der Waals surface area contributed by atoms with E-state index in [-0.39, 0.29) is 12.0 Å². The van der Waals surface area contributed by atoms with Gasteiger partial charge < -0.3 is 14.4 Å². The van der Waals surface area contributed by atoms with Crippen LogP contribution in [0.5, 0.6) is 0 Å². The normalized spacial score (nSPS) is 23.1. The molecule has 1 aromatic carbocycles. The van der Waals surface area contributed by atoms with Crippen LogP contribution in [0.25, 0.3) is 11.0 Å². The highest BCUT2D eigenvalue weighted by Gasteiger charge is 2.33. The van der Waals surface area contributed by atoms with E-state index in [1.807, 2.05) is 25.1 Å². The number of rotatable bonds is 5. The number of hydrogen-bond acceptors (Lipinski definition) is 6. The second-order valence-electron chi connectivity index (χ2n) is 8.76. The van der Waals surface area contributed by atoms with Gasteiger partial charge in [0.25, 0.3) is 0 Å². The van der Waals surface area contributed by atoms with E-state index in [2.05, 4.69) is 21.7 Å². The Morgan fingerprint density at radius 3 is 2.72 bits per heavy atom. The van der Waals surface area contributed by atoms with E-state index in [1.54, 1.807) is 6.26 Å². The van der Waals surface area contributed by atoms with Crippen molar-refractivity contribution in [3.8, 4) is 0 Å². The van der Waals surface area contributed by atoms with Crippen LogP contribution in [0.3, 0.4) is 0 Å². The Bertz CT molecular complexity index is 889. The van der Waals surface area contributed by atoms with Gasteiger partial charge in [-0.2, -0.15) is 0 Å². The van der Waals surface area contributed by atoms with Gasteiger partial charge in [0.2, 0.25) is 0 Å². The quantitative estimate of drug-likeness (QED) is 0.831. The Kier molecular flexibility index (Phi) is 6.35. The second kappa shape index (κ2) is 8.96. The van der Waals surface area contributed by atoms with E-state index in [0.29, 0.717) is 29.6 Å². The van der Waals surface area contributed by atoms with Crippen molar-refractivity contribution >= 4 is 11.0 Å². The van der Waals surface area contributed by atoms with Crippen LogP contribution in [-0.2, 0) is 6.54 Å². The molecule has 2 fully saturated rings. The topological polar surface area (TPSA) is 60.2 Å². The maximum atomic E-state index is 13.0. The van der Waals surface area contributed by atoms with E-state index in [4.69, 9.17) is 4.42 Å². The summed E-state index contributed by atoms with van der Waals surface area (Å²) in [7, 11) is 2.19. The summed E-state index contributed by atoms with van der Waals surface area (Å²) in [6.45, 7) is 7.93. The largest absolute Gasteiger partial charge is 0.464 e. The Balaban J connectivity index is 1.47. The molecule has 2 saturated heterocycles. The molecule has 0 aliphatic carbocycles. The standard InChI is InChI=1S/C23H33N3O3/c1-17-3-4-22-21(13-17)23(28)18(16-29-22)14-25-10-11-26(20(15-25)7-12-27)19-5-8-24(2)9-6-19/h3-4,13,16,19-20,27H,5-12,14-15H2,1-2H3/t20-/m1/s1. The number of aliphatic hydroxyl groups is 1. The average Bonchev–Trinajstić information content (AvgIpc) is 2.72. The molecule has 4 rings (SSSR count). The molecule has 0 saturated carbocycles. The monoisotopic (exact) mass is 399 g/mol. The molecule has 0 bridgehead atoms. The summed E-state index contributed by atoms with van der Waals surface area (Å²) in [5, 5.41) is 10.3. The summed E-state index contributed by atoms with van der Waals surface area (Å²) >= 11 is 0. The molecule has 1 aromatic heterocycles. The van der Waals surface area contributed by atoms with Crippen molar-refractivity contribution in [1.82, 2.24) is 14.7 Å². The molecule has 2 aromatic rings. The zero-order chi connectivity index (χ0) is 20.4. The maximum absolute atomic E-state index is 13.0. The minimum atomic E-state index is 0.0754. The number of likely N-dealkylation sites (tertiary alicyclic amines) is 1. The first-order valence-electron chi connectivity index (χ1n) is 10.8. The summed E-state index contributed by atoms with van der Waals surface area (Å²) in [6, 6.07) is 6.70. The third-order valence-electron chi connectivity index (χ3n) is 6.63. The van der Waals surface area contributed by atoms with E-state index in [9.17, 15) is 9.90 Å². The molecule has 158 valence electrons. The molecule has 29 heavy (non-hydrogen) atoms. The third kappa shape index (κ3) is 4.56. The van der Waals surface area contributed by atoms with Crippen molar-refractivity contribution in [1.29, 1.82) is 0 Å². The SMILES string of the molecule is Cc1ccc2occ(CN3CCN(C4CCN(C)CC4)[C@H](CCO)C3)c(=O)c2c1. The summed E-state index contributed by atoms with van der Waals surface area (Å²) in [5.74, 6) is 0. The summed E-state index contributed by atoms with van der Waals surface area (Å²) in [6.07, 6.45) is 4.82. The average molecular weight is 400 g/mol. The molecular formula is C23H33N3O3. The van der Waals surface area contributed by atoms with Crippen LogP contribution in [-0.4, -0.2) is 78.3 Å². The molecule has 6 heteroatoms. The van der Waals surface area contributed by atoms with Crippen LogP contribution in [0, 0.1) is 6.92 Å². The van der Waals surface area contributed by atoms with Gasteiger partial charge in [-0.05, 0) is 58.5 Å². The highest BCUT2D eigenvalue weighted by atomic mass is 16.3. The number of aliphatic hydroxyl groups excluding tert-OH is 1. The van der Waals surface area contributed by atoms with Gasteiger partial charge in [-0.3, -0.25) is 14.6 Å². The van der Waals surface area contributed by atoms with Gasteiger partial charge >= 0.3 is 0 Å². The van der Waals surface area contributed by atoms with Gasteiger partial charge in [0.05, 0.1) is 11.6 Å². The molecule has 0 spiro atoms. The lowest BCUT2D eigenvalue weighted by atomic mass is 9.98. The van der Waals surface area contributed by atoms with Crippen molar-refractivity contribution in [3.63, 3.8) is 0 Å². The molecule has 0 amide bonds. The van der Waals surface area contributed by atoms with Crippen molar-refractivity contribution in [2.75, 3.05) is 46.4 Å². The molecule has 0 radical (unpaired) electrons. The number of hydrogen-bond donors (Lipinski definition) is 1. The Labute approximate surface area is 172 Å². The number of nitrogens with zero attached hydrogens (tertiary/aromatic N) is 3. The molecule has 3 heterocycles. The lowest BCUT2D eigenvalue weighted by Gasteiger charge is -2.47. The molecule has 0 unspecified atom stereocenters. The van der Waals surface area contributed by atoms with Gasteiger partial charge in [0.1, 0.15) is 5.58 Å². The van der Waals surface area contributed by atoms with Crippen molar-refractivity contribution in [2.45, 2.75) is 44.8 Å². The number of piperazine rings is 1. The molecule has 2 aliphatic rings. The first kappa shape index (κ1) is 20.5. The smallest absolute Gasteiger partial charge is 0.197 e. The van der Waals surface area contributed by atoms with Crippen LogP contribution in [0.4, 0.5) is 0 Å². The zero-order valence-corrected chi connectivity index (χ0v) is 17.6. The van der Waals surface area contributed by atoms with Crippen molar-refractivity contribution < 1.29 is 9.52 Å². The molecular weight excluding hydrogens is 366 g/mol. The summed E-state index contributed by atoms with van der Waals surface area (Å²) < 4.78 is 5.74. The first-order chi connectivity index (χ1) is 14.0. The number of aryl methyl sites for hydroxylation is 1. The van der Waals surface area contributed by atoms with Crippen LogP contribution >= 0.6 is 0 Å². The zero-order valence-electron chi connectivity index (χ0n) is 17.6. The lowest BCUT2D eigenvalue weighted by Crippen LogP contribution is -2.58. The van der Waals surface area contributed by atoms with E-state index in [0.717, 1.165) is 50.3 Å². The molecule has 1 N–H and O–H groups in total. The number of fused-ring (bicyclic) bond motifs is 1. The summed E-state index contributed by atoms with van der Waals surface area (Å²) in [4.78, 5) is 20.3. The molecule has 6 nitrogen and oxygen atoms in total. The van der Waals surface area contributed by atoms with Crippen LogP contribution in [0.15, 0.2) is 33.7 Å². The maximum Gasteiger partial charge on any atom is 0.197 e. The van der Waals surface area contributed by atoms with E-state index >= 15 is 0 Å². The van der Waals surface area contributed by atoms with Crippen molar-refractivity contribution in [3.05, 3.63) is 45.8 Å². The van der Waals surface area contributed by atoms with Crippen LogP contribution in [0.2, 0.25) is 0 Å². The van der Waals surface area contributed by atoms with Gasteiger partial charge in [0, 0.05) is 50.4 Å². The Morgan fingerprint density at radius 1 is 1.17 bits per heavy atom. The van der Waals surface area contributed by atoms with Crippen molar-refractivity contribution in [2.24, 2.45) is 0 Å².